The molecule has 1 heterocycles. The molecule has 1 aliphatic carbocycles. The Bertz CT molecular complexity index is 261. The fourth-order valence-electron chi connectivity index (χ4n) is 3.42. The third kappa shape index (κ3) is 4.64. The Balaban J connectivity index is 0.00000180. The summed E-state index contributed by atoms with van der Waals surface area (Å²) in [5.41, 5.74) is 0. The number of amides is 1. The highest BCUT2D eigenvalue weighted by Crippen LogP contribution is 2.27. The van der Waals surface area contributed by atoms with Gasteiger partial charge in [-0.25, -0.2) is 0 Å². The van der Waals surface area contributed by atoms with Crippen molar-refractivity contribution in [3.05, 3.63) is 0 Å². The van der Waals surface area contributed by atoms with E-state index in [1.54, 1.807) is 0 Å². The van der Waals surface area contributed by atoms with Gasteiger partial charge in [-0.1, -0.05) is 26.2 Å². The molecule has 0 aromatic rings. The fourth-order valence-corrected chi connectivity index (χ4v) is 3.42. The second-order valence-electron chi connectivity index (χ2n) is 5.85. The smallest absolute Gasteiger partial charge is 0.225 e. The van der Waals surface area contributed by atoms with Gasteiger partial charge in [0.15, 0.2) is 0 Å². The van der Waals surface area contributed by atoms with Gasteiger partial charge in [0.25, 0.3) is 0 Å². The Morgan fingerprint density at radius 2 is 1.74 bits per heavy atom. The summed E-state index contributed by atoms with van der Waals surface area (Å²) in [4.78, 5) is 14.9. The lowest BCUT2D eigenvalue weighted by molar-refractivity contribution is -0.139. The standard InChI is InChI=1S/C15H28N2O.ClH/c1-2-12-17(14-8-10-16-11-9-14)15(18)13-6-4-3-5-7-13;/h13-14,16H,2-12H2,1H3;1H. The number of rotatable bonds is 4. The zero-order chi connectivity index (χ0) is 12.8. The summed E-state index contributed by atoms with van der Waals surface area (Å²) in [7, 11) is 0. The van der Waals surface area contributed by atoms with Crippen molar-refractivity contribution in [1.29, 1.82) is 0 Å². The third-order valence-corrected chi connectivity index (χ3v) is 4.45. The Morgan fingerprint density at radius 1 is 1.11 bits per heavy atom. The van der Waals surface area contributed by atoms with Crippen molar-refractivity contribution < 1.29 is 4.79 Å². The van der Waals surface area contributed by atoms with Crippen molar-refractivity contribution in [1.82, 2.24) is 10.2 Å². The fraction of sp³-hybridized carbons (Fsp3) is 0.933. The van der Waals surface area contributed by atoms with Crippen LogP contribution in [-0.2, 0) is 4.79 Å². The van der Waals surface area contributed by atoms with Crippen molar-refractivity contribution in [2.45, 2.75) is 64.3 Å². The molecule has 2 rings (SSSR count). The van der Waals surface area contributed by atoms with Crippen LogP contribution in [0, 0.1) is 5.92 Å². The van der Waals surface area contributed by atoms with Gasteiger partial charge < -0.3 is 10.2 Å². The first-order valence-electron chi connectivity index (χ1n) is 7.84. The first-order chi connectivity index (χ1) is 8.83. The highest BCUT2D eigenvalue weighted by atomic mass is 35.5. The molecule has 1 saturated heterocycles. The number of carbonyl (C=O) groups excluding carboxylic acids is 1. The highest BCUT2D eigenvalue weighted by Gasteiger charge is 2.30. The molecular formula is C15H29ClN2O. The lowest BCUT2D eigenvalue weighted by Crippen LogP contribution is -2.48. The molecule has 4 heteroatoms. The van der Waals surface area contributed by atoms with E-state index in [1.807, 2.05) is 0 Å². The molecule has 1 amide bonds. The van der Waals surface area contributed by atoms with E-state index < -0.39 is 0 Å². The Kier molecular flexibility index (Phi) is 7.77. The van der Waals surface area contributed by atoms with Gasteiger partial charge in [0.2, 0.25) is 5.91 Å². The van der Waals surface area contributed by atoms with E-state index in [1.165, 1.54) is 19.3 Å². The second-order valence-corrected chi connectivity index (χ2v) is 5.85. The Hall–Kier alpha value is -0.280. The van der Waals surface area contributed by atoms with E-state index in [0.29, 0.717) is 17.9 Å². The molecule has 0 aromatic carbocycles. The summed E-state index contributed by atoms with van der Waals surface area (Å²) in [6.45, 7) is 5.29. The Morgan fingerprint density at radius 3 is 2.32 bits per heavy atom. The normalized spacial score (nSPS) is 21.7. The number of hydrogen-bond acceptors (Lipinski definition) is 2. The van der Waals surface area contributed by atoms with Crippen LogP contribution in [0.4, 0.5) is 0 Å². The van der Waals surface area contributed by atoms with Crippen molar-refractivity contribution in [3.63, 3.8) is 0 Å². The lowest BCUT2D eigenvalue weighted by Gasteiger charge is -2.37. The second kappa shape index (κ2) is 8.80. The van der Waals surface area contributed by atoms with Gasteiger partial charge in [-0.05, 0) is 45.2 Å². The maximum absolute atomic E-state index is 12.7. The van der Waals surface area contributed by atoms with Crippen LogP contribution in [0.1, 0.15) is 58.3 Å². The molecule has 0 spiro atoms. The molecular weight excluding hydrogens is 260 g/mol. The van der Waals surface area contributed by atoms with Crippen LogP contribution >= 0.6 is 12.4 Å². The van der Waals surface area contributed by atoms with Crippen LogP contribution in [0.15, 0.2) is 0 Å². The van der Waals surface area contributed by atoms with Gasteiger partial charge in [0.1, 0.15) is 0 Å². The summed E-state index contributed by atoms with van der Waals surface area (Å²) in [5, 5.41) is 3.39. The van der Waals surface area contributed by atoms with Gasteiger partial charge >= 0.3 is 0 Å². The predicted molar refractivity (Wildman–Crippen MR) is 81.7 cm³/mol. The van der Waals surface area contributed by atoms with Crippen molar-refractivity contribution in [2.75, 3.05) is 19.6 Å². The van der Waals surface area contributed by atoms with Gasteiger partial charge in [-0.15, -0.1) is 12.4 Å². The number of nitrogens with zero attached hydrogens (tertiary/aromatic N) is 1. The molecule has 0 bridgehead atoms. The molecule has 1 N–H and O–H groups in total. The minimum absolute atomic E-state index is 0. The minimum Gasteiger partial charge on any atom is -0.339 e. The average Bonchev–Trinajstić information content (AvgIpc) is 2.46. The zero-order valence-corrected chi connectivity index (χ0v) is 13.0. The number of halogens is 1. The summed E-state index contributed by atoms with van der Waals surface area (Å²) in [6.07, 6.45) is 9.45. The molecule has 0 unspecified atom stereocenters. The molecule has 1 aliphatic heterocycles. The summed E-state index contributed by atoms with van der Waals surface area (Å²) < 4.78 is 0. The van der Waals surface area contributed by atoms with E-state index in [0.717, 1.165) is 51.7 Å². The number of piperidine rings is 1. The van der Waals surface area contributed by atoms with Crippen LogP contribution in [0.2, 0.25) is 0 Å². The maximum Gasteiger partial charge on any atom is 0.225 e. The van der Waals surface area contributed by atoms with Crippen LogP contribution in [0.25, 0.3) is 0 Å². The number of nitrogens with one attached hydrogen (secondary N) is 1. The third-order valence-electron chi connectivity index (χ3n) is 4.45. The molecule has 112 valence electrons. The summed E-state index contributed by atoms with van der Waals surface area (Å²) in [6, 6.07) is 0.501. The Labute approximate surface area is 123 Å². The highest BCUT2D eigenvalue weighted by molar-refractivity contribution is 5.85. The van der Waals surface area contributed by atoms with Crippen LogP contribution in [0.5, 0.6) is 0 Å². The first-order valence-corrected chi connectivity index (χ1v) is 7.84. The summed E-state index contributed by atoms with van der Waals surface area (Å²) in [5.74, 6) is 0.795. The van der Waals surface area contributed by atoms with E-state index in [4.69, 9.17) is 0 Å². The summed E-state index contributed by atoms with van der Waals surface area (Å²) >= 11 is 0. The average molecular weight is 289 g/mol. The molecule has 0 aromatic heterocycles. The van der Waals surface area contributed by atoms with Gasteiger partial charge in [-0.3, -0.25) is 4.79 Å². The van der Waals surface area contributed by atoms with Crippen LogP contribution in [-0.4, -0.2) is 36.5 Å². The van der Waals surface area contributed by atoms with E-state index in [9.17, 15) is 4.79 Å². The monoisotopic (exact) mass is 288 g/mol. The maximum atomic E-state index is 12.7. The topological polar surface area (TPSA) is 32.3 Å². The minimum atomic E-state index is 0. The molecule has 0 atom stereocenters. The molecule has 3 nitrogen and oxygen atoms in total. The number of carbonyl (C=O) groups is 1. The van der Waals surface area contributed by atoms with Crippen molar-refractivity contribution >= 4 is 18.3 Å². The number of hydrogen-bond donors (Lipinski definition) is 1. The van der Waals surface area contributed by atoms with Gasteiger partial charge in [0, 0.05) is 18.5 Å². The van der Waals surface area contributed by atoms with Crippen molar-refractivity contribution in [3.8, 4) is 0 Å². The molecule has 0 radical (unpaired) electrons. The van der Waals surface area contributed by atoms with E-state index in [2.05, 4.69) is 17.1 Å². The van der Waals surface area contributed by atoms with Crippen molar-refractivity contribution in [2.24, 2.45) is 5.92 Å². The van der Waals surface area contributed by atoms with Gasteiger partial charge in [0.05, 0.1) is 0 Å². The molecule has 19 heavy (non-hydrogen) atoms. The molecule has 1 saturated carbocycles. The van der Waals surface area contributed by atoms with Gasteiger partial charge in [-0.2, -0.15) is 0 Å². The van der Waals surface area contributed by atoms with E-state index >= 15 is 0 Å². The largest absolute Gasteiger partial charge is 0.339 e. The van der Waals surface area contributed by atoms with Crippen LogP contribution < -0.4 is 5.32 Å². The zero-order valence-electron chi connectivity index (χ0n) is 12.2. The van der Waals surface area contributed by atoms with Crippen LogP contribution in [0.3, 0.4) is 0 Å². The first kappa shape index (κ1) is 16.8. The predicted octanol–water partition coefficient (Wildman–Crippen LogP) is 2.98. The quantitative estimate of drug-likeness (QED) is 0.862. The lowest BCUT2D eigenvalue weighted by atomic mass is 9.87. The SMILES string of the molecule is CCCN(C(=O)C1CCCCC1)C1CCNCC1.Cl. The molecule has 2 fully saturated rings. The van der Waals surface area contributed by atoms with E-state index in [-0.39, 0.29) is 12.4 Å². The molecule has 2 aliphatic rings.